The molecule has 1 aromatic heterocycles. The molecule has 0 amide bonds. The van der Waals surface area contributed by atoms with Crippen LogP contribution in [-0.4, -0.2) is 31.3 Å². The molecule has 0 fully saturated rings. The molecule has 6 nitrogen and oxygen atoms in total. The van der Waals surface area contributed by atoms with Crippen molar-refractivity contribution in [2.24, 2.45) is 0 Å². The second kappa shape index (κ2) is 6.08. The summed E-state index contributed by atoms with van der Waals surface area (Å²) >= 11 is 0. The van der Waals surface area contributed by atoms with Gasteiger partial charge in [-0.2, -0.15) is 5.26 Å². The Labute approximate surface area is 115 Å². The Morgan fingerprint density at radius 3 is 3.00 bits per heavy atom. The minimum atomic E-state index is -0.466. The van der Waals surface area contributed by atoms with E-state index in [0.717, 1.165) is 0 Å². The van der Waals surface area contributed by atoms with Crippen LogP contribution in [0.3, 0.4) is 0 Å². The summed E-state index contributed by atoms with van der Waals surface area (Å²) in [4.78, 5) is 11.5. The SMILES string of the molecule is COC(=O)c1ccc2oc(NCCCO)c(C#N)c2c1. The van der Waals surface area contributed by atoms with Crippen molar-refractivity contribution < 1.29 is 19.1 Å². The average Bonchev–Trinajstić information content (AvgIpc) is 2.83. The van der Waals surface area contributed by atoms with E-state index in [-0.39, 0.29) is 6.61 Å². The van der Waals surface area contributed by atoms with E-state index in [1.165, 1.54) is 7.11 Å². The number of carbonyl (C=O) groups excluding carboxylic acids is 1. The van der Waals surface area contributed by atoms with Gasteiger partial charge in [0.1, 0.15) is 17.2 Å². The molecular weight excluding hydrogens is 260 g/mol. The van der Waals surface area contributed by atoms with Gasteiger partial charge in [0.2, 0.25) is 5.88 Å². The predicted molar refractivity (Wildman–Crippen MR) is 72.5 cm³/mol. The second-order valence-electron chi connectivity index (χ2n) is 4.12. The number of rotatable bonds is 5. The summed E-state index contributed by atoms with van der Waals surface area (Å²) in [5.41, 5.74) is 1.21. The summed E-state index contributed by atoms with van der Waals surface area (Å²) in [7, 11) is 1.30. The number of carbonyl (C=O) groups is 1. The highest BCUT2D eigenvalue weighted by Crippen LogP contribution is 2.30. The fourth-order valence-corrected chi connectivity index (χ4v) is 1.86. The Balaban J connectivity index is 2.42. The van der Waals surface area contributed by atoms with Crippen molar-refractivity contribution in [1.29, 1.82) is 5.26 Å². The first-order chi connectivity index (χ1) is 9.71. The first kappa shape index (κ1) is 13.9. The van der Waals surface area contributed by atoms with E-state index in [9.17, 15) is 10.1 Å². The molecule has 0 unspecified atom stereocenters. The average molecular weight is 274 g/mol. The Kier molecular flexibility index (Phi) is 4.23. The Morgan fingerprint density at radius 2 is 2.35 bits per heavy atom. The molecule has 0 radical (unpaired) electrons. The maximum Gasteiger partial charge on any atom is 0.337 e. The normalized spacial score (nSPS) is 10.2. The standard InChI is InChI=1S/C14H14N2O4/c1-19-14(18)9-3-4-12-10(7-9)11(8-15)13(20-12)16-5-2-6-17/h3-4,7,16-17H,2,5-6H2,1H3. The number of hydrogen-bond acceptors (Lipinski definition) is 6. The largest absolute Gasteiger partial charge is 0.465 e. The maximum absolute atomic E-state index is 11.5. The van der Waals surface area contributed by atoms with Gasteiger partial charge >= 0.3 is 5.97 Å². The first-order valence-electron chi connectivity index (χ1n) is 6.11. The maximum atomic E-state index is 11.5. The van der Waals surface area contributed by atoms with Gasteiger partial charge in [-0.15, -0.1) is 0 Å². The number of ether oxygens (including phenoxy) is 1. The van der Waals surface area contributed by atoms with Crippen molar-refractivity contribution in [3.05, 3.63) is 29.3 Å². The minimum absolute atomic E-state index is 0.0571. The third-order valence-electron chi connectivity index (χ3n) is 2.84. The lowest BCUT2D eigenvalue weighted by Crippen LogP contribution is -2.03. The van der Waals surface area contributed by atoms with E-state index in [4.69, 9.17) is 9.52 Å². The van der Waals surface area contributed by atoms with E-state index in [1.807, 2.05) is 0 Å². The molecule has 1 heterocycles. The number of methoxy groups -OCH3 is 1. The van der Waals surface area contributed by atoms with Crippen LogP contribution in [0.1, 0.15) is 22.3 Å². The van der Waals surface area contributed by atoms with Gasteiger partial charge < -0.3 is 19.6 Å². The predicted octanol–water partition coefficient (Wildman–Crippen LogP) is 1.89. The van der Waals surface area contributed by atoms with Crippen molar-refractivity contribution >= 4 is 22.8 Å². The number of nitriles is 1. The van der Waals surface area contributed by atoms with Crippen LogP contribution in [0.15, 0.2) is 22.6 Å². The number of furan rings is 1. The molecule has 0 aliphatic heterocycles. The Bertz CT molecular complexity index is 670. The molecule has 6 heteroatoms. The molecule has 2 aromatic rings. The fraction of sp³-hybridized carbons (Fsp3) is 0.286. The van der Waals surface area contributed by atoms with Gasteiger partial charge in [0.05, 0.1) is 12.7 Å². The lowest BCUT2D eigenvalue weighted by molar-refractivity contribution is 0.0601. The van der Waals surface area contributed by atoms with Crippen molar-refractivity contribution in [3.8, 4) is 6.07 Å². The quantitative estimate of drug-likeness (QED) is 0.638. The lowest BCUT2D eigenvalue weighted by Gasteiger charge is -2.00. The Morgan fingerprint density at radius 1 is 1.55 bits per heavy atom. The summed E-state index contributed by atoms with van der Waals surface area (Å²) < 4.78 is 10.2. The lowest BCUT2D eigenvalue weighted by atomic mass is 10.1. The Hall–Kier alpha value is -2.52. The molecule has 0 bridgehead atoms. The number of nitrogens with zero attached hydrogens (tertiary/aromatic N) is 1. The van der Waals surface area contributed by atoms with E-state index >= 15 is 0 Å². The molecular formula is C14H14N2O4. The van der Waals surface area contributed by atoms with E-state index < -0.39 is 5.97 Å². The molecule has 2 N–H and O–H groups in total. The molecule has 1 aromatic carbocycles. The summed E-state index contributed by atoms with van der Waals surface area (Å²) in [5, 5.41) is 21.5. The van der Waals surface area contributed by atoms with Gasteiger partial charge in [-0.1, -0.05) is 0 Å². The molecule has 0 aliphatic carbocycles. The summed E-state index contributed by atoms with van der Waals surface area (Å²) in [6.07, 6.45) is 0.551. The number of nitrogens with one attached hydrogen (secondary N) is 1. The van der Waals surface area contributed by atoms with Crippen molar-refractivity contribution in [2.75, 3.05) is 25.6 Å². The van der Waals surface area contributed by atoms with Crippen molar-refractivity contribution in [2.45, 2.75) is 6.42 Å². The zero-order chi connectivity index (χ0) is 14.5. The number of aliphatic hydroxyl groups is 1. The van der Waals surface area contributed by atoms with E-state index in [0.29, 0.717) is 40.9 Å². The van der Waals surface area contributed by atoms with Crippen LogP contribution >= 0.6 is 0 Å². The van der Waals surface area contributed by atoms with Crippen molar-refractivity contribution in [3.63, 3.8) is 0 Å². The topological polar surface area (TPSA) is 95.5 Å². The number of benzene rings is 1. The molecule has 0 saturated carbocycles. The summed E-state index contributed by atoms with van der Waals surface area (Å²) in [6, 6.07) is 6.83. The molecule has 20 heavy (non-hydrogen) atoms. The third kappa shape index (κ3) is 2.58. The van der Waals surface area contributed by atoms with Gasteiger partial charge in [0.15, 0.2) is 0 Å². The van der Waals surface area contributed by atoms with Gasteiger partial charge in [-0.3, -0.25) is 0 Å². The monoisotopic (exact) mass is 274 g/mol. The van der Waals surface area contributed by atoms with Crippen LogP contribution in [0, 0.1) is 11.3 Å². The van der Waals surface area contributed by atoms with Crippen LogP contribution < -0.4 is 5.32 Å². The summed E-state index contributed by atoms with van der Waals surface area (Å²) in [6.45, 7) is 0.552. The molecule has 0 saturated heterocycles. The first-order valence-corrected chi connectivity index (χ1v) is 6.11. The van der Waals surface area contributed by atoms with Crippen LogP contribution in [0.25, 0.3) is 11.0 Å². The molecule has 0 atom stereocenters. The number of aliphatic hydroxyl groups excluding tert-OH is 1. The number of anilines is 1. The van der Waals surface area contributed by atoms with Crippen LogP contribution in [0.2, 0.25) is 0 Å². The van der Waals surface area contributed by atoms with E-state index in [1.54, 1.807) is 18.2 Å². The highest BCUT2D eigenvalue weighted by atomic mass is 16.5. The third-order valence-corrected chi connectivity index (χ3v) is 2.84. The number of esters is 1. The molecule has 0 spiro atoms. The zero-order valence-corrected chi connectivity index (χ0v) is 11.0. The van der Waals surface area contributed by atoms with Crippen LogP contribution in [0.4, 0.5) is 5.88 Å². The fourth-order valence-electron chi connectivity index (χ4n) is 1.86. The highest BCUT2D eigenvalue weighted by molar-refractivity contribution is 5.97. The van der Waals surface area contributed by atoms with Crippen molar-refractivity contribution in [1.82, 2.24) is 0 Å². The van der Waals surface area contributed by atoms with Gasteiger partial charge in [-0.25, -0.2) is 4.79 Å². The van der Waals surface area contributed by atoms with Gasteiger partial charge in [0, 0.05) is 18.5 Å². The summed E-state index contributed by atoms with van der Waals surface area (Å²) in [5.74, 6) is -0.121. The van der Waals surface area contributed by atoms with Gasteiger partial charge in [-0.05, 0) is 24.6 Å². The smallest absolute Gasteiger partial charge is 0.337 e. The number of fused-ring (bicyclic) bond motifs is 1. The van der Waals surface area contributed by atoms with Crippen LogP contribution in [0.5, 0.6) is 0 Å². The highest BCUT2D eigenvalue weighted by Gasteiger charge is 2.16. The van der Waals surface area contributed by atoms with E-state index in [2.05, 4.69) is 16.1 Å². The molecule has 0 aliphatic rings. The second-order valence-corrected chi connectivity index (χ2v) is 4.12. The minimum Gasteiger partial charge on any atom is -0.465 e. The molecule has 104 valence electrons. The molecule has 2 rings (SSSR count). The van der Waals surface area contributed by atoms with Gasteiger partial charge in [0.25, 0.3) is 0 Å². The van der Waals surface area contributed by atoms with Crippen LogP contribution in [-0.2, 0) is 4.74 Å². The zero-order valence-electron chi connectivity index (χ0n) is 11.0. The number of hydrogen-bond donors (Lipinski definition) is 2.